The van der Waals surface area contributed by atoms with Gasteiger partial charge in [0.2, 0.25) is 0 Å². The predicted octanol–water partition coefficient (Wildman–Crippen LogP) is 0.346. The molecule has 0 spiro atoms. The molecule has 3 heteroatoms. The van der Waals surface area contributed by atoms with Crippen LogP contribution in [-0.4, -0.2) is 37.4 Å². The highest BCUT2D eigenvalue weighted by Crippen LogP contribution is 2.07. The van der Waals surface area contributed by atoms with E-state index in [9.17, 15) is 5.11 Å². The normalized spacial score (nSPS) is 25.8. The Labute approximate surface area is 80.9 Å². The Morgan fingerprint density at radius 3 is 3.08 bits per heavy atom. The maximum atomic E-state index is 9.31. The minimum absolute atomic E-state index is 0.170. The summed E-state index contributed by atoms with van der Waals surface area (Å²) < 4.78 is 0. The molecule has 3 nitrogen and oxygen atoms in total. The molecule has 0 aliphatic carbocycles. The van der Waals surface area contributed by atoms with Crippen LogP contribution in [0.4, 0.5) is 0 Å². The van der Waals surface area contributed by atoms with Crippen LogP contribution in [0.1, 0.15) is 26.2 Å². The maximum Gasteiger partial charge on any atom is 0.0662 e. The monoisotopic (exact) mass is 186 g/mol. The number of hydrogen-bond acceptors (Lipinski definition) is 3. The van der Waals surface area contributed by atoms with E-state index in [0.29, 0.717) is 0 Å². The third kappa shape index (κ3) is 4.60. The number of rotatable bonds is 5. The zero-order valence-corrected chi connectivity index (χ0v) is 8.55. The van der Waals surface area contributed by atoms with Crippen LogP contribution >= 0.6 is 0 Å². The second-order valence-electron chi connectivity index (χ2n) is 3.93. The summed E-state index contributed by atoms with van der Waals surface area (Å²) >= 11 is 0. The zero-order chi connectivity index (χ0) is 9.52. The molecule has 0 aromatic heterocycles. The molecule has 3 N–H and O–H groups in total. The highest BCUT2D eigenvalue weighted by atomic mass is 16.3. The van der Waals surface area contributed by atoms with Gasteiger partial charge in [-0.3, -0.25) is 0 Å². The Morgan fingerprint density at radius 1 is 1.62 bits per heavy atom. The Bertz CT molecular complexity index is 124. The molecule has 13 heavy (non-hydrogen) atoms. The first-order valence-corrected chi connectivity index (χ1v) is 5.42. The third-order valence-electron chi connectivity index (χ3n) is 2.68. The largest absolute Gasteiger partial charge is 0.392 e. The van der Waals surface area contributed by atoms with Crippen LogP contribution in [0.5, 0.6) is 0 Å². The highest BCUT2D eigenvalue weighted by molar-refractivity contribution is 4.71. The minimum atomic E-state index is -0.170. The Kier molecular flexibility index (Phi) is 5.35. The summed E-state index contributed by atoms with van der Waals surface area (Å²) in [4.78, 5) is 0. The summed E-state index contributed by atoms with van der Waals surface area (Å²) in [6.07, 6.45) is 3.29. The van der Waals surface area contributed by atoms with Gasteiger partial charge in [0.25, 0.3) is 0 Å². The lowest BCUT2D eigenvalue weighted by Gasteiger charge is -2.23. The molecule has 0 bridgehead atoms. The lowest BCUT2D eigenvalue weighted by atomic mass is 10.00. The summed E-state index contributed by atoms with van der Waals surface area (Å²) in [5.41, 5.74) is 0. The third-order valence-corrected chi connectivity index (χ3v) is 2.68. The summed E-state index contributed by atoms with van der Waals surface area (Å²) in [5, 5.41) is 16.0. The average Bonchev–Trinajstić information content (AvgIpc) is 2.19. The molecule has 1 heterocycles. The van der Waals surface area contributed by atoms with E-state index in [1.165, 1.54) is 19.4 Å². The van der Waals surface area contributed by atoms with Crippen molar-refractivity contribution in [3.63, 3.8) is 0 Å². The quantitative estimate of drug-likeness (QED) is 0.580. The van der Waals surface area contributed by atoms with Gasteiger partial charge in [-0.25, -0.2) is 0 Å². The van der Waals surface area contributed by atoms with Crippen molar-refractivity contribution in [1.82, 2.24) is 10.6 Å². The fraction of sp³-hybridized carbons (Fsp3) is 1.00. The van der Waals surface area contributed by atoms with Crippen LogP contribution < -0.4 is 10.6 Å². The van der Waals surface area contributed by atoms with E-state index >= 15 is 0 Å². The fourth-order valence-electron chi connectivity index (χ4n) is 1.70. The van der Waals surface area contributed by atoms with Gasteiger partial charge < -0.3 is 15.7 Å². The first-order chi connectivity index (χ1) is 6.33. The second kappa shape index (κ2) is 6.35. The van der Waals surface area contributed by atoms with E-state index in [1.807, 2.05) is 6.92 Å². The molecule has 0 saturated carbocycles. The number of aliphatic hydroxyl groups excluding tert-OH is 1. The Hall–Kier alpha value is -0.120. The van der Waals surface area contributed by atoms with Crippen LogP contribution in [0.25, 0.3) is 0 Å². The smallest absolute Gasteiger partial charge is 0.0662 e. The number of aliphatic hydroxyl groups is 1. The molecule has 0 amide bonds. The van der Waals surface area contributed by atoms with Gasteiger partial charge in [0.05, 0.1) is 6.10 Å². The van der Waals surface area contributed by atoms with Crippen molar-refractivity contribution in [1.29, 1.82) is 0 Å². The van der Waals surface area contributed by atoms with E-state index < -0.39 is 0 Å². The molecule has 1 aliphatic heterocycles. The van der Waals surface area contributed by atoms with E-state index in [1.54, 1.807) is 0 Å². The molecule has 78 valence electrons. The van der Waals surface area contributed by atoms with Gasteiger partial charge in [-0.15, -0.1) is 0 Å². The molecule has 1 aliphatic rings. The van der Waals surface area contributed by atoms with Gasteiger partial charge >= 0.3 is 0 Å². The lowest BCUT2D eigenvalue weighted by Crippen LogP contribution is -2.38. The van der Waals surface area contributed by atoms with Crippen molar-refractivity contribution >= 4 is 0 Å². The van der Waals surface area contributed by atoms with Crippen molar-refractivity contribution in [2.45, 2.75) is 32.3 Å². The standard InChI is InChI=1S/C10H22N2O/c1-2-10(13)8-12-7-9-4-3-5-11-6-9/h9-13H,2-8H2,1H3/t9-,10-/m1/s1. The lowest BCUT2D eigenvalue weighted by molar-refractivity contribution is 0.164. The molecule has 0 aromatic carbocycles. The van der Waals surface area contributed by atoms with Gasteiger partial charge in [-0.05, 0) is 44.8 Å². The van der Waals surface area contributed by atoms with Crippen molar-refractivity contribution in [3.8, 4) is 0 Å². The van der Waals surface area contributed by atoms with E-state index in [-0.39, 0.29) is 6.10 Å². The average molecular weight is 186 g/mol. The molecule has 1 saturated heterocycles. The van der Waals surface area contributed by atoms with Crippen molar-refractivity contribution in [3.05, 3.63) is 0 Å². The van der Waals surface area contributed by atoms with Gasteiger partial charge in [-0.2, -0.15) is 0 Å². The molecule has 1 rings (SSSR count). The topological polar surface area (TPSA) is 44.3 Å². The van der Waals surface area contributed by atoms with Gasteiger partial charge in [-0.1, -0.05) is 6.92 Å². The number of hydrogen-bond donors (Lipinski definition) is 3. The van der Waals surface area contributed by atoms with Crippen LogP contribution in [0.2, 0.25) is 0 Å². The molecular weight excluding hydrogens is 164 g/mol. The van der Waals surface area contributed by atoms with Crippen molar-refractivity contribution < 1.29 is 5.11 Å². The zero-order valence-electron chi connectivity index (χ0n) is 8.55. The van der Waals surface area contributed by atoms with Crippen LogP contribution in [-0.2, 0) is 0 Å². The minimum Gasteiger partial charge on any atom is -0.392 e. The molecule has 0 aromatic rings. The van der Waals surface area contributed by atoms with Crippen LogP contribution in [0.3, 0.4) is 0 Å². The number of nitrogens with one attached hydrogen (secondary N) is 2. The predicted molar refractivity (Wildman–Crippen MR) is 54.8 cm³/mol. The Morgan fingerprint density at radius 2 is 2.46 bits per heavy atom. The van der Waals surface area contributed by atoms with Crippen molar-refractivity contribution in [2.24, 2.45) is 5.92 Å². The summed E-state index contributed by atoms with van der Waals surface area (Å²) in [6.45, 7) is 6.11. The van der Waals surface area contributed by atoms with E-state index in [4.69, 9.17) is 0 Å². The summed E-state index contributed by atoms with van der Waals surface area (Å²) in [7, 11) is 0. The van der Waals surface area contributed by atoms with Gasteiger partial charge in [0.1, 0.15) is 0 Å². The fourth-order valence-corrected chi connectivity index (χ4v) is 1.70. The van der Waals surface area contributed by atoms with Crippen LogP contribution in [0, 0.1) is 5.92 Å². The first-order valence-electron chi connectivity index (χ1n) is 5.42. The highest BCUT2D eigenvalue weighted by Gasteiger charge is 2.12. The summed E-state index contributed by atoms with van der Waals surface area (Å²) in [6, 6.07) is 0. The number of piperidine rings is 1. The molecular formula is C10H22N2O. The molecule has 1 fully saturated rings. The SMILES string of the molecule is CC[C@@H](O)CNC[C@@H]1CCCNC1. The molecule has 2 atom stereocenters. The van der Waals surface area contributed by atoms with Gasteiger partial charge in [0, 0.05) is 6.54 Å². The van der Waals surface area contributed by atoms with Crippen LogP contribution in [0.15, 0.2) is 0 Å². The maximum absolute atomic E-state index is 9.31. The van der Waals surface area contributed by atoms with E-state index in [0.717, 1.165) is 32.0 Å². The van der Waals surface area contributed by atoms with Gasteiger partial charge in [0.15, 0.2) is 0 Å². The van der Waals surface area contributed by atoms with E-state index in [2.05, 4.69) is 10.6 Å². The second-order valence-corrected chi connectivity index (χ2v) is 3.93. The molecule has 0 radical (unpaired) electrons. The molecule has 0 unspecified atom stereocenters. The summed E-state index contributed by atoms with van der Waals surface area (Å²) in [5.74, 6) is 0.762. The Balaban J connectivity index is 1.98. The van der Waals surface area contributed by atoms with Crippen molar-refractivity contribution in [2.75, 3.05) is 26.2 Å². The first kappa shape index (κ1) is 11.0.